The zero-order valence-corrected chi connectivity index (χ0v) is 13.5. The van der Waals surface area contributed by atoms with Crippen molar-refractivity contribution in [3.63, 3.8) is 0 Å². The Labute approximate surface area is 130 Å². The summed E-state index contributed by atoms with van der Waals surface area (Å²) in [6.45, 7) is 2.41. The molecular weight excluding hydrogens is 280 g/mol. The van der Waals surface area contributed by atoms with Gasteiger partial charge < -0.3 is 0 Å². The lowest BCUT2D eigenvalue weighted by molar-refractivity contribution is 0.435. The maximum Gasteiger partial charge on any atom is 0.0487 e. The predicted octanol–water partition coefficient (Wildman–Crippen LogP) is 6.08. The molecule has 0 N–H and O–H groups in total. The molecule has 0 bridgehead atoms. The van der Waals surface area contributed by atoms with Crippen LogP contribution in [0.4, 0.5) is 0 Å². The van der Waals surface area contributed by atoms with Crippen LogP contribution in [0.5, 0.6) is 0 Å². The molecule has 0 saturated heterocycles. The molecule has 1 aromatic carbocycles. The Morgan fingerprint density at radius 3 is 2.65 bits per heavy atom. The van der Waals surface area contributed by atoms with Crippen LogP contribution in [-0.2, 0) is 0 Å². The third-order valence-electron chi connectivity index (χ3n) is 4.88. The Kier molecular flexibility index (Phi) is 3.47. The van der Waals surface area contributed by atoms with Crippen molar-refractivity contribution in [3.8, 4) is 0 Å². The molecule has 2 heteroatoms. The highest BCUT2D eigenvalue weighted by Crippen LogP contribution is 2.46. The summed E-state index contributed by atoms with van der Waals surface area (Å²) >= 11 is 3.97. The van der Waals surface area contributed by atoms with Gasteiger partial charge in [0.05, 0.1) is 0 Å². The zero-order chi connectivity index (χ0) is 13.5. The van der Waals surface area contributed by atoms with Crippen LogP contribution in [0.2, 0.25) is 0 Å². The fourth-order valence-corrected chi connectivity index (χ4v) is 6.08. The van der Waals surface area contributed by atoms with Crippen LogP contribution in [0, 0.1) is 11.8 Å². The fraction of sp³-hybridized carbons (Fsp3) is 0.444. The molecule has 0 nitrogen and oxygen atoms in total. The molecule has 1 heterocycles. The average Bonchev–Trinajstić information content (AvgIpc) is 3.17. The van der Waals surface area contributed by atoms with E-state index in [2.05, 4.69) is 37.3 Å². The summed E-state index contributed by atoms with van der Waals surface area (Å²) in [5.74, 6) is 1.64. The average molecular weight is 300 g/mol. The van der Waals surface area contributed by atoms with Crippen LogP contribution in [0.1, 0.15) is 43.7 Å². The number of benzene rings is 1. The van der Waals surface area contributed by atoms with Crippen LogP contribution in [0.3, 0.4) is 0 Å². The molecule has 2 aliphatic carbocycles. The minimum absolute atomic E-state index is 0.721. The van der Waals surface area contributed by atoms with E-state index in [-0.39, 0.29) is 0 Å². The minimum Gasteiger partial charge on any atom is -0.114 e. The second-order valence-electron chi connectivity index (χ2n) is 6.15. The Morgan fingerprint density at radius 1 is 1.10 bits per heavy atom. The predicted molar refractivity (Wildman–Crippen MR) is 91.2 cm³/mol. The Morgan fingerprint density at radius 2 is 1.85 bits per heavy atom. The second kappa shape index (κ2) is 5.31. The summed E-state index contributed by atoms with van der Waals surface area (Å²) in [6, 6.07) is 4.80. The molecule has 1 aromatic rings. The second-order valence-corrected chi connectivity index (χ2v) is 8.55. The molecule has 1 unspecified atom stereocenters. The van der Waals surface area contributed by atoms with Gasteiger partial charge in [0, 0.05) is 14.9 Å². The third-order valence-corrected chi connectivity index (χ3v) is 7.25. The first kappa shape index (κ1) is 13.1. The van der Waals surface area contributed by atoms with Gasteiger partial charge in [-0.2, -0.15) is 0 Å². The number of hydrogen-bond donors (Lipinski definition) is 0. The van der Waals surface area contributed by atoms with Gasteiger partial charge in [0.2, 0.25) is 0 Å². The highest BCUT2D eigenvalue weighted by atomic mass is 32.2. The van der Waals surface area contributed by atoms with Gasteiger partial charge >= 0.3 is 0 Å². The van der Waals surface area contributed by atoms with Crippen LogP contribution >= 0.6 is 23.5 Å². The highest BCUT2D eigenvalue weighted by molar-refractivity contribution is 8.18. The van der Waals surface area contributed by atoms with Gasteiger partial charge in [-0.25, -0.2) is 0 Å². The van der Waals surface area contributed by atoms with Crippen LogP contribution in [0.15, 0.2) is 34.1 Å². The highest BCUT2D eigenvalue weighted by Gasteiger charge is 2.23. The molecule has 0 aromatic heterocycles. The SMILES string of the molecule is CC(/C=C1/C=Cc2cc3c(cc21)SCS3)C1CCCC1. The zero-order valence-electron chi connectivity index (χ0n) is 11.9. The lowest BCUT2D eigenvalue weighted by Crippen LogP contribution is -2.04. The fourth-order valence-electron chi connectivity index (χ4n) is 3.66. The van der Waals surface area contributed by atoms with E-state index in [4.69, 9.17) is 0 Å². The van der Waals surface area contributed by atoms with Crippen molar-refractivity contribution in [3.05, 3.63) is 35.4 Å². The quantitative estimate of drug-likeness (QED) is 0.649. The molecular formula is C18H20S2. The van der Waals surface area contributed by atoms with Crippen molar-refractivity contribution in [2.24, 2.45) is 11.8 Å². The monoisotopic (exact) mass is 300 g/mol. The standard InChI is InChI=1S/C18H20S2/c1-12(13-4-2-3-5-13)8-14-6-7-15-9-17-18(10-16(14)15)20-11-19-17/h6-10,12-13H,2-5,11H2,1H3/b14-8-. The summed E-state index contributed by atoms with van der Waals surface area (Å²) in [6.07, 6.45) is 12.9. The van der Waals surface area contributed by atoms with Crippen LogP contribution in [0.25, 0.3) is 11.6 Å². The minimum atomic E-state index is 0.721. The van der Waals surface area contributed by atoms with Crippen LogP contribution in [-0.4, -0.2) is 5.08 Å². The molecule has 0 amide bonds. The van der Waals surface area contributed by atoms with E-state index in [0.29, 0.717) is 0 Å². The van der Waals surface area contributed by atoms with E-state index in [1.165, 1.54) is 57.3 Å². The van der Waals surface area contributed by atoms with Gasteiger partial charge in [-0.1, -0.05) is 38.0 Å². The smallest absolute Gasteiger partial charge is 0.0487 e. The van der Waals surface area contributed by atoms with E-state index in [1.807, 2.05) is 23.5 Å². The summed E-state index contributed by atoms with van der Waals surface area (Å²) in [4.78, 5) is 2.96. The normalized spacial score (nSPS) is 24.4. The van der Waals surface area contributed by atoms with Crippen molar-refractivity contribution < 1.29 is 0 Å². The Balaban J connectivity index is 1.65. The van der Waals surface area contributed by atoms with Gasteiger partial charge in [-0.05, 0) is 53.5 Å². The molecule has 1 aliphatic heterocycles. The number of rotatable bonds is 2. The number of fused-ring (bicyclic) bond motifs is 2. The maximum absolute atomic E-state index is 2.53. The summed E-state index contributed by atoms with van der Waals surface area (Å²) in [7, 11) is 0. The summed E-state index contributed by atoms with van der Waals surface area (Å²) in [5.41, 5.74) is 4.34. The molecule has 1 atom stereocenters. The molecule has 104 valence electrons. The van der Waals surface area contributed by atoms with Gasteiger partial charge in [0.25, 0.3) is 0 Å². The van der Waals surface area contributed by atoms with E-state index in [0.717, 1.165) is 11.8 Å². The molecule has 3 aliphatic rings. The first-order valence-electron chi connectivity index (χ1n) is 7.65. The molecule has 20 heavy (non-hydrogen) atoms. The van der Waals surface area contributed by atoms with E-state index >= 15 is 0 Å². The number of thioether (sulfide) groups is 2. The van der Waals surface area contributed by atoms with Crippen molar-refractivity contribution in [2.75, 3.05) is 5.08 Å². The Bertz CT molecular complexity index is 592. The largest absolute Gasteiger partial charge is 0.114 e. The van der Waals surface area contributed by atoms with E-state index < -0.39 is 0 Å². The third kappa shape index (κ3) is 2.27. The van der Waals surface area contributed by atoms with Gasteiger partial charge in [-0.15, -0.1) is 23.5 Å². The molecule has 1 fully saturated rings. The molecule has 0 radical (unpaired) electrons. The lowest BCUT2D eigenvalue weighted by atomic mass is 9.90. The molecule has 1 saturated carbocycles. The maximum atomic E-state index is 2.53. The Hall–Kier alpha value is -0.600. The van der Waals surface area contributed by atoms with Gasteiger partial charge in [0.15, 0.2) is 0 Å². The van der Waals surface area contributed by atoms with Gasteiger partial charge in [0.1, 0.15) is 0 Å². The first-order valence-corrected chi connectivity index (χ1v) is 9.62. The first-order chi connectivity index (χ1) is 9.81. The van der Waals surface area contributed by atoms with Crippen molar-refractivity contribution in [1.82, 2.24) is 0 Å². The summed E-state index contributed by atoms with van der Waals surface area (Å²) in [5, 5.41) is 1.18. The molecule has 0 spiro atoms. The van der Waals surface area contributed by atoms with Crippen molar-refractivity contribution >= 4 is 35.2 Å². The van der Waals surface area contributed by atoms with Crippen molar-refractivity contribution in [2.45, 2.75) is 42.4 Å². The lowest BCUT2D eigenvalue weighted by Gasteiger charge is -2.16. The van der Waals surface area contributed by atoms with Gasteiger partial charge in [-0.3, -0.25) is 0 Å². The van der Waals surface area contributed by atoms with E-state index in [9.17, 15) is 0 Å². The summed E-state index contributed by atoms with van der Waals surface area (Å²) < 4.78 is 0. The topological polar surface area (TPSA) is 0 Å². The van der Waals surface area contributed by atoms with Crippen molar-refractivity contribution in [1.29, 1.82) is 0 Å². The molecule has 4 rings (SSSR count). The number of hydrogen-bond acceptors (Lipinski definition) is 2. The van der Waals surface area contributed by atoms with E-state index in [1.54, 1.807) is 0 Å². The van der Waals surface area contributed by atoms with Crippen LogP contribution < -0.4 is 0 Å². The number of allylic oxidation sites excluding steroid dienone is 3.